The summed E-state index contributed by atoms with van der Waals surface area (Å²) in [6.07, 6.45) is 8.15. The van der Waals surface area contributed by atoms with Crippen molar-refractivity contribution in [3.05, 3.63) is 41.6 Å². The lowest BCUT2D eigenvalue weighted by Gasteiger charge is -2.31. The maximum Gasteiger partial charge on any atom is 0.266 e. The van der Waals surface area contributed by atoms with Crippen molar-refractivity contribution in [2.75, 3.05) is 12.4 Å². The number of nitriles is 1. The van der Waals surface area contributed by atoms with E-state index < -0.39 is 0 Å². The molecule has 0 aliphatic heterocycles. The lowest BCUT2D eigenvalue weighted by Crippen LogP contribution is -2.39. The predicted octanol–water partition coefficient (Wildman–Crippen LogP) is 3.86. The Bertz CT molecular complexity index is 592. The van der Waals surface area contributed by atoms with Gasteiger partial charge in [-0.1, -0.05) is 38.3 Å². The molecule has 0 spiro atoms. The van der Waals surface area contributed by atoms with Gasteiger partial charge in [0, 0.05) is 25.0 Å². The molecule has 1 amide bonds. The summed E-state index contributed by atoms with van der Waals surface area (Å²) in [5.74, 6) is -0.197. The number of benzene rings is 1. The Morgan fingerprint density at radius 3 is 2.52 bits per heavy atom. The first-order chi connectivity index (χ1) is 11.2. The number of aryl methyl sites for hydroxylation is 1. The van der Waals surface area contributed by atoms with Crippen molar-refractivity contribution < 1.29 is 4.79 Å². The van der Waals surface area contributed by atoms with Crippen molar-refractivity contribution in [2.24, 2.45) is 0 Å². The summed E-state index contributed by atoms with van der Waals surface area (Å²) in [6, 6.07) is 10.3. The molecule has 1 aliphatic rings. The Morgan fingerprint density at radius 1 is 1.30 bits per heavy atom. The molecule has 0 aromatic heterocycles. The summed E-state index contributed by atoms with van der Waals surface area (Å²) in [6.45, 7) is 2.11. The van der Waals surface area contributed by atoms with Crippen LogP contribution < -0.4 is 5.32 Å². The largest absolute Gasteiger partial charge is 0.360 e. The third kappa shape index (κ3) is 4.59. The third-order valence-corrected chi connectivity index (χ3v) is 4.54. The molecule has 0 radical (unpaired) electrons. The number of carbonyl (C=O) groups is 1. The quantitative estimate of drug-likeness (QED) is 0.663. The van der Waals surface area contributed by atoms with Crippen LogP contribution in [0, 0.1) is 11.3 Å². The van der Waals surface area contributed by atoms with E-state index in [1.165, 1.54) is 18.2 Å². The van der Waals surface area contributed by atoms with Gasteiger partial charge in [0.1, 0.15) is 11.6 Å². The number of hydrogen-bond acceptors (Lipinski definition) is 3. The van der Waals surface area contributed by atoms with Gasteiger partial charge in [0.2, 0.25) is 0 Å². The fourth-order valence-corrected chi connectivity index (χ4v) is 2.96. The number of nitrogens with zero attached hydrogens (tertiary/aromatic N) is 2. The lowest BCUT2D eigenvalue weighted by atomic mass is 9.94. The van der Waals surface area contributed by atoms with Crippen molar-refractivity contribution in [1.82, 2.24) is 4.90 Å². The van der Waals surface area contributed by atoms with E-state index in [1.807, 2.05) is 30.3 Å². The summed E-state index contributed by atoms with van der Waals surface area (Å²) < 4.78 is 0. The molecule has 4 heteroatoms. The van der Waals surface area contributed by atoms with Crippen molar-refractivity contribution in [3.63, 3.8) is 0 Å². The van der Waals surface area contributed by atoms with E-state index in [2.05, 4.69) is 12.2 Å². The van der Waals surface area contributed by atoms with Gasteiger partial charge in [0.25, 0.3) is 5.91 Å². The first-order valence-electron chi connectivity index (χ1n) is 8.38. The van der Waals surface area contributed by atoms with Crippen molar-refractivity contribution in [2.45, 2.75) is 51.5 Å². The van der Waals surface area contributed by atoms with Crippen molar-refractivity contribution in [3.8, 4) is 6.07 Å². The Labute approximate surface area is 138 Å². The highest BCUT2D eigenvalue weighted by atomic mass is 16.2. The lowest BCUT2D eigenvalue weighted by molar-refractivity contribution is -0.128. The molecule has 0 unspecified atom stereocenters. The van der Waals surface area contributed by atoms with E-state index in [9.17, 15) is 10.1 Å². The molecule has 1 aliphatic carbocycles. The summed E-state index contributed by atoms with van der Waals surface area (Å²) in [4.78, 5) is 14.2. The average molecular weight is 311 g/mol. The minimum Gasteiger partial charge on any atom is -0.360 e. The molecule has 2 rings (SSSR count). The monoisotopic (exact) mass is 311 g/mol. The molecule has 0 atom stereocenters. The Hall–Kier alpha value is -2.28. The molecule has 0 bridgehead atoms. The maximum atomic E-state index is 12.5. The topological polar surface area (TPSA) is 56.1 Å². The normalized spacial score (nSPS) is 15.8. The smallest absolute Gasteiger partial charge is 0.266 e. The van der Waals surface area contributed by atoms with E-state index in [4.69, 9.17) is 0 Å². The zero-order valence-electron chi connectivity index (χ0n) is 14.0. The van der Waals surface area contributed by atoms with Crippen LogP contribution in [0.15, 0.2) is 36.0 Å². The van der Waals surface area contributed by atoms with Gasteiger partial charge < -0.3 is 10.2 Å². The summed E-state index contributed by atoms with van der Waals surface area (Å²) >= 11 is 0. The van der Waals surface area contributed by atoms with Gasteiger partial charge in [0.05, 0.1) is 0 Å². The highest BCUT2D eigenvalue weighted by Crippen LogP contribution is 2.22. The predicted molar refractivity (Wildman–Crippen MR) is 92.8 cm³/mol. The van der Waals surface area contributed by atoms with Gasteiger partial charge >= 0.3 is 0 Å². The van der Waals surface area contributed by atoms with Crippen molar-refractivity contribution in [1.29, 1.82) is 5.26 Å². The highest BCUT2D eigenvalue weighted by molar-refractivity contribution is 5.97. The van der Waals surface area contributed by atoms with Crippen molar-refractivity contribution >= 4 is 11.6 Å². The first kappa shape index (κ1) is 17.1. The summed E-state index contributed by atoms with van der Waals surface area (Å²) in [5.41, 5.74) is 2.29. The van der Waals surface area contributed by atoms with Crippen LogP contribution in [0.3, 0.4) is 0 Å². The number of hydrogen-bond donors (Lipinski definition) is 1. The number of likely N-dealkylation sites (N-methyl/N-ethyl adjacent to an activating group) is 1. The van der Waals surface area contributed by atoms with Gasteiger partial charge in [-0.15, -0.1) is 0 Å². The second-order valence-corrected chi connectivity index (χ2v) is 6.07. The fraction of sp³-hybridized carbons (Fsp3) is 0.474. The number of nitrogens with one attached hydrogen (secondary N) is 1. The van der Waals surface area contributed by atoms with Crippen LogP contribution in [0.25, 0.3) is 0 Å². The SMILES string of the molecule is CCc1ccc(N/C=C(/C#N)C(=O)N(C)C2CCCCC2)cc1. The van der Waals surface area contributed by atoms with Gasteiger partial charge in [-0.25, -0.2) is 0 Å². The Balaban J connectivity index is 2.01. The zero-order chi connectivity index (χ0) is 16.7. The molecule has 1 fully saturated rings. The molecule has 23 heavy (non-hydrogen) atoms. The number of anilines is 1. The van der Waals surface area contributed by atoms with Gasteiger partial charge in [-0.05, 0) is 37.0 Å². The second kappa shape index (κ2) is 8.38. The molecular weight excluding hydrogens is 286 g/mol. The van der Waals surface area contributed by atoms with E-state index in [0.717, 1.165) is 37.8 Å². The van der Waals surface area contributed by atoms with Crippen LogP contribution in [0.5, 0.6) is 0 Å². The maximum absolute atomic E-state index is 12.5. The molecule has 122 valence electrons. The standard InChI is InChI=1S/C19H25N3O/c1-3-15-9-11-17(12-10-15)21-14-16(13-20)19(23)22(2)18-7-5-4-6-8-18/h9-12,14,18,21H,3-8H2,1-2H3/b16-14-. The Kier molecular flexibility index (Phi) is 6.22. The molecule has 0 saturated heterocycles. The van der Waals surface area contributed by atoms with E-state index in [0.29, 0.717) is 0 Å². The first-order valence-corrected chi connectivity index (χ1v) is 8.38. The minimum atomic E-state index is -0.197. The molecule has 1 aromatic rings. The van der Waals surface area contributed by atoms with Gasteiger partial charge in [-0.2, -0.15) is 5.26 Å². The van der Waals surface area contributed by atoms with Gasteiger partial charge in [0.15, 0.2) is 0 Å². The average Bonchev–Trinajstić information content (AvgIpc) is 2.62. The second-order valence-electron chi connectivity index (χ2n) is 6.07. The third-order valence-electron chi connectivity index (χ3n) is 4.54. The summed E-state index contributed by atoms with van der Waals surface area (Å²) in [7, 11) is 1.81. The van der Waals surface area contributed by atoms with Gasteiger partial charge in [-0.3, -0.25) is 4.79 Å². The van der Waals surface area contributed by atoms with Crippen LogP contribution >= 0.6 is 0 Å². The van der Waals surface area contributed by atoms with Crippen LogP contribution in [0.2, 0.25) is 0 Å². The molecule has 1 N–H and O–H groups in total. The fourth-order valence-electron chi connectivity index (χ4n) is 2.96. The van der Waals surface area contributed by atoms with E-state index in [-0.39, 0.29) is 17.5 Å². The molecule has 0 heterocycles. The minimum absolute atomic E-state index is 0.151. The van der Waals surface area contributed by atoms with Crippen LogP contribution in [0.1, 0.15) is 44.6 Å². The highest BCUT2D eigenvalue weighted by Gasteiger charge is 2.24. The summed E-state index contributed by atoms with van der Waals surface area (Å²) in [5, 5.41) is 12.4. The molecule has 1 saturated carbocycles. The molecule has 1 aromatic carbocycles. The number of amides is 1. The number of rotatable bonds is 5. The van der Waals surface area contributed by atoms with Crippen LogP contribution in [-0.2, 0) is 11.2 Å². The molecule has 4 nitrogen and oxygen atoms in total. The Morgan fingerprint density at radius 2 is 1.96 bits per heavy atom. The number of carbonyl (C=O) groups excluding carboxylic acids is 1. The van der Waals surface area contributed by atoms with E-state index >= 15 is 0 Å². The van der Waals surface area contributed by atoms with Crippen LogP contribution in [0.4, 0.5) is 5.69 Å². The van der Waals surface area contributed by atoms with E-state index in [1.54, 1.807) is 11.9 Å². The zero-order valence-corrected chi connectivity index (χ0v) is 14.0. The molecular formula is C19H25N3O. The van der Waals surface area contributed by atoms with Crippen LogP contribution in [-0.4, -0.2) is 23.9 Å².